The molecule has 2 heterocycles. The lowest BCUT2D eigenvalue weighted by Gasteiger charge is -2.31. The molecule has 1 aliphatic rings. The molecule has 0 spiro atoms. The van der Waals surface area contributed by atoms with Crippen LogP contribution in [0.4, 0.5) is 13.2 Å². The molecule has 2 amide bonds. The van der Waals surface area contributed by atoms with E-state index in [0.717, 1.165) is 21.9 Å². The van der Waals surface area contributed by atoms with Crippen LogP contribution >= 0.6 is 0 Å². The Kier molecular flexibility index (Phi) is 13.0. The summed E-state index contributed by atoms with van der Waals surface area (Å²) in [5.41, 5.74) is 10.5. The van der Waals surface area contributed by atoms with Gasteiger partial charge in [0.05, 0.1) is 12.5 Å². The fourth-order valence-corrected chi connectivity index (χ4v) is 3.80. The summed E-state index contributed by atoms with van der Waals surface area (Å²) in [6.45, 7) is 10.3. The zero-order valence-electron chi connectivity index (χ0n) is 22.6. The molecule has 2 aromatic rings. The van der Waals surface area contributed by atoms with E-state index in [2.05, 4.69) is 51.7 Å². The summed E-state index contributed by atoms with van der Waals surface area (Å²) in [4.78, 5) is 37.6. The highest BCUT2D eigenvalue weighted by Crippen LogP contribution is 2.34. The van der Waals surface area contributed by atoms with E-state index in [1.54, 1.807) is 6.20 Å². The summed E-state index contributed by atoms with van der Waals surface area (Å²) < 4.78 is 36.7. The molecule has 38 heavy (non-hydrogen) atoms. The van der Waals surface area contributed by atoms with Crippen LogP contribution in [0.5, 0.6) is 0 Å². The number of nitrogens with two attached hydrogens (primary N) is 1. The van der Waals surface area contributed by atoms with Crippen molar-refractivity contribution < 1.29 is 32.7 Å². The van der Waals surface area contributed by atoms with Crippen molar-refractivity contribution in [2.75, 3.05) is 13.1 Å². The average Bonchev–Trinajstić information content (AvgIpc) is 2.78. The van der Waals surface area contributed by atoms with Gasteiger partial charge in [-0.15, -0.1) is 0 Å². The minimum Gasteiger partial charge on any atom is -0.481 e. The molecular weight excluding hydrogens is 499 g/mol. The number of aryl methyl sites for hydroxylation is 3. The highest BCUT2D eigenvalue weighted by Gasteiger charge is 2.43. The van der Waals surface area contributed by atoms with Gasteiger partial charge in [-0.2, -0.15) is 13.2 Å². The number of nitrogens with zero attached hydrogens (tertiary/aromatic N) is 2. The molecular formula is C28H38F3N3O4. The van der Waals surface area contributed by atoms with Crippen LogP contribution in [0.1, 0.15) is 56.7 Å². The zero-order valence-corrected chi connectivity index (χ0v) is 22.6. The van der Waals surface area contributed by atoms with Crippen LogP contribution in [0.3, 0.4) is 0 Å². The Bertz CT molecular complexity index is 1060. The first-order valence-corrected chi connectivity index (χ1v) is 12.5. The van der Waals surface area contributed by atoms with E-state index in [0.29, 0.717) is 6.42 Å². The number of carbonyl (C=O) groups excluding carboxylic acids is 2. The minimum atomic E-state index is -4.34. The number of hydrogen-bond acceptors (Lipinski definition) is 4. The molecule has 1 unspecified atom stereocenters. The number of carboxylic acids is 1. The number of pyridine rings is 1. The molecule has 1 aromatic heterocycles. The highest BCUT2D eigenvalue weighted by molar-refractivity contribution is 5.84. The third kappa shape index (κ3) is 11.7. The van der Waals surface area contributed by atoms with Gasteiger partial charge in [-0.3, -0.25) is 19.4 Å². The summed E-state index contributed by atoms with van der Waals surface area (Å²) >= 11 is 0. The summed E-state index contributed by atoms with van der Waals surface area (Å²) in [5.74, 6) is -2.91. The number of piperidine rings is 1. The van der Waals surface area contributed by atoms with Crippen molar-refractivity contribution in [1.82, 2.24) is 9.88 Å². The molecule has 210 valence electrons. The topological polar surface area (TPSA) is 114 Å². The smallest absolute Gasteiger partial charge is 0.392 e. The van der Waals surface area contributed by atoms with E-state index in [-0.39, 0.29) is 25.9 Å². The molecule has 3 rings (SSSR count). The van der Waals surface area contributed by atoms with Crippen LogP contribution in [0.2, 0.25) is 0 Å². The quantitative estimate of drug-likeness (QED) is 0.518. The molecule has 7 nitrogen and oxygen atoms in total. The maximum Gasteiger partial charge on any atom is 0.392 e. The number of halogens is 3. The Labute approximate surface area is 222 Å². The van der Waals surface area contributed by atoms with E-state index in [1.807, 2.05) is 18.3 Å². The Morgan fingerprint density at radius 1 is 1.16 bits per heavy atom. The number of primary amides is 1. The number of hydrogen-bond donors (Lipinski definition) is 2. The Hall–Kier alpha value is -3.43. The van der Waals surface area contributed by atoms with Crippen molar-refractivity contribution in [2.24, 2.45) is 17.6 Å². The van der Waals surface area contributed by atoms with Crippen LogP contribution in [0, 0.1) is 25.7 Å². The van der Waals surface area contributed by atoms with Crippen molar-refractivity contribution in [2.45, 2.75) is 66.5 Å². The lowest BCUT2D eigenvalue weighted by Crippen LogP contribution is -2.46. The van der Waals surface area contributed by atoms with Gasteiger partial charge in [-0.05, 0) is 60.9 Å². The number of carbonyl (C=O) groups is 3. The number of likely N-dealkylation sites (tertiary alicyclic amines) is 1. The number of carboxylic acid groups (broad SMARTS) is 1. The second kappa shape index (κ2) is 15.1. The van der Waals surface area contributed by atoms with Crippen LogP contribution < -0.4 is 5.73 Å². The largest absolute Gasteiger partial charge is 0.481 e. The summed E-state index contributed by atoms with van der Waals surface area (Å²) in [7, 11) is 0. The third-order valence-corrected chi connectivity index (χ3v) is 5.52. The van der Waals surface area contributed by atoms with E-state index >= 15 is 0 Å². The number of alkyl halides is 3. The van der Waals surface area contributed by atoms with Crippen molar-refractivity contribution in [3.63, 3.8) is 0 Å². The van der Waals surface area contributed by atoms with Gasteiger partial charge in [0.2, 0.25) is 11.8 Å². The lowest BCUT2D eigenvalue weighted by molar-refractivity contribution is -0.189. The van der Waals surface area contributed by atoms with E-state index in [9.17, 15) is 27.6 Å². The van der Waals surface area contributed by atoms with Crippen molar-refractivity contribution >= 4 is 17.8 Å². The van der Waals surface area contributed by atoms with E-state index in [4.69, 9.17) is 10.8 Å². The summed E-state index contributed by atoms with van der Waals surface area (Å²) in [5, 5.41) is 8.73. The maximum atomic E-state index is 12.2. The zero-order chi connectivity index (χ0) is 29.0. The molecule has 1 aliphatic heterocycles. The minimum absolute atomic E-state index is 0.0635. The summed E-state index contributed by atoms with van der Waals surface area (Å²) in [6.07, 6.45) is -0.869. The van der Waals surface area contributed by atoms with Gasteiger partial charge in [-0.1, -0.05) is 39.0 Å². The molecule has 0 aliphatic carbocycles. The van der Waals surface area contributed by atoms with Gasteiger partial charge in [-0.25, -0.2) is 0 Å². The van der Waals surface area contributed by atoms with Crippen LogP contribution in [-0.4, -0.2) is 52.0 Å². The first-order chi connectivity index (χ1) is 17.6. The first kappa shape index (κ1) is 32.6. The van der Waals surface area contributed by atoms with Gasteiger partial charge in [0.25, 0.3) is 0 Å². The van der Waals surface area contributed by atoms with Crippen molar-refractivity contribution in [3.05, 3.63) is 53.3 Å². The van der Waals surface area contributed by atoms with Gasteiger partial charge < -0.3 is 15.7 Å². The molecule has 0 radical (unpaired) electrons. The summed E-state index contributed by atoms with van der Waals surface area (Å²) in [6, 6.07) is 8.22. The molecule has 1 aromatic carbocycles. The fourth-order valence-electron chi connectivity index (χ4n) is 3.80. The fraction of sp³-hybridized carbons (Fsp3) is 0.500. The number of rotatable bonds is 6. The predicted molar refractivity (Wildman–Crippen MR) is 140 cm³/mol. The lowest BCUT2D eigenvalue weighted by atomic mass is 9.96. The monoisotopic (exact) mass is 537 g/mol. The van der Waals surface area contributed by atoms with E-state index < -0.39 is 36.3 Å². The maximum absolute atomic E-state index is 12.2. The number of amides is 2. The number of benzene rings is 1. The van der Waals surface area contributed by atoms with Crippen LogP contribution in [-0.2, 0) is 20.8 Å². The van der Waals surface area contributed by atoms with Crippen LogP contribution in [0.25, 0.3) is 11.1 Å². The molecule has 1 atom stereocenters. The Balaban J connectivity index is 0.000000341. The Morgan fingerprint density at radius 2 is 1.74 bits per heavy atom. The number of aliphatic carboxylic acids is 1. The Morgan fingerprint density at radius 3 is 2.21 bits per heavy atom. The SMILES string of the molecule is CC(C)C.Cc1cccc(C)c1-c1cncc(CCC(=O)O)c1.NC(=O)CN1CCC(C(F)(F)F)CC1=O. The molecule has 1 saturated heterocycles. The standard InChI is InChI=1S/C16H17NO2.C8H11F3N2O2.C4H10/c1-11-4-3-5-12(2)16(11)14-8-13(9-17-10-14)6-7-15(18)19;9-8(10,11)5-1-2-13(4-6(12)14)7(15)3-5;1-4(2)3/h3-5,8-10H,6-7H2,1-2H3,(H,18,19);5H,1-4H2,(H2,12,14);4H,1-3H3. The normalized spacial score (nSPS) is 15.2. The van der Waals surface area contributed by atoms with E-state index in [1.165, 1.54) is 16.7 Å². The third-order valence-electron chi connectivity index (χ3n) is 5.52. The average molecular weight is 538 g/mol. The van der Waals surface area contributed by atoms with Crippen molar-refractivity contribution in [3.8, 4) is 11.1 Å². The number of aromatic nitrogens is 1. The molecule has 3 N–H and O–H groups in total. The molecule has 10 heteroatoms. The molecule has 1 fully saturated rings. The highest BCUT2D eigenvalue weighted by atomic mass is 19.4. The van der Waals surface area contributed by atoms with Gasteiger partial charge >= 0.3 is 12.1 Å². The second-order valence-corrected chi connectivity index (χ2v) is 9.99. The van der Waals surface area contributed by atoms with Gasteiger partial charge in [0.15, 0.2) is 0 Å². The van der Waals surface area contributed by atoms with Crippen molar-refractivity contribution in [1.29, 1.82) is 0 Å². The van der Waals surface area contributed by atoms with Crippen LogP contribution in [0.15, 0.2) is 36.7 Å². The molecule has 0 bridgehead atoms. The second-order valence-electron chi connectivity index (χ2n) is 9.99. The molecule has 0 saturated carbocycles. The van der Waals surface area contributed by atoms with Gasteiger partial charge in [0, 0.05) is 37.3 Å². The predicted octanol–water partition coefficient (Wildman–Crippen LogP) is 5.32. The van der Waals surface area contributed by atoms with Gasteiger partial charge in [0.1, 0.15) is 0 Å². The first-order valence-electron chi connectivity index (χ1n) is 12.5.